The lowest BCUT2D eigenvalue weighted by atomic mass is 10.0. The molecule has 0 amide bonds. The van der Waals surface area contributed by atoms with E-state index in [0.29, 0.717) is 0 Å². The van der Waals surface area contributed by atoms with Crippen LogP contribution in [0, 0.1) is 13.8 Å². The van der Waals surface area contributed by atoms with Gasteiger partial charge in [0.25, 0.3) is 0 Å². The molecule has 0 N–H and O–H groups in total. The Kier molecular flexibility index (Phi) is 3.46. The molecule has 1 atom stereocenters. The van der Waals surface area contributed by atoms with E-state index >= 15 is 0 Å². The highest BCUT2D eigenvalue weighted by Crippen LogP contribution is 2.38. The molecule has 19 heavy (non-hydrogen) atoms. The maximum absolute atomic E-state index is 3.87. The third-order valence-electron chi connectivity index (χ3n) is 3.32. The number of halogens is 1. The Morgan fingerprint density at radius 1 is 1.00 bits per heavy atom. The van der Waals surface area contributed by atoms with Crippen molar-refractivity contribution in [3.8, 4) is 0 Å². The fourth-order valence-corrected chi connectivity index (χ4v) is 4.34. The average molecular weight is 331 g/mol. The van der Waals surface area contributed by atoms with E-state index in [2.05, 4.69) is 77.6 Å². The monoisotopic (exact) mass is 330 g/mol. The third kappa shape index (κ3) is 2.47. The Balaban J connectivity index is 2.10. The van der Waals surface area contributed by atoms with E-state index in [0.717, 1.165) is 0 Å². The van der Waals surface area contributed by atoms with Crippen molar-refractivity contribution in [3.05, 3.63) is 70.1 Å². The second-order valence-electron chi connectivity index (χ2n) is 4.97. The molecule has 0 nitrogen and oxygen atoms in total. The van der Waals surface area contributed by atoms with E-state index in [1.807, 2.05) is 11.3 Å². The molecule has 3 aromatic rings. The van der Waals surface area contributed by atoms with Gasteiger partial charge in [0.1, 0.15) is 0 Å². The molecule has 0 aliphatic rings. The maximum Gasteiger partial charge on any atom is 0.0659 e. The van der Waals surface area contributed by atoms with Crippen LogP contribution in [0.2, 0.25) is 0 Å². The van der Waals surface area contributed by atoms with Crippen molar-refractivity contribution in [3.63, 3.8) is 0 Å². The molecule has 0 radical (unpaired) electrons. The van der Waals surface area contributed by atoms with Crippen LogP contribution in [0.3, 0.4) is 0 Å². The zero-order chi connectivity index (χ0) is 13.4. The number of alkyl halides is 1. The second kappa shape index (κ2) is 5.10. The molecule has 0 saturated heterocycles. The van der Waals surface area contributed by atoms with Crippen molar-refractivity contribution < 1.29 is 0 Å². The highest BCUT2D eigenvalue weighted by atomic mass is 79.9. The summed E-state index contributed by atoms with van der Waals surface area (Å²) in [5, 5.41) is 3.62. The molecule has 96 valence electrons. The lowest BCUT2D eigenvalue weighted by Crippen LogP contribution is -1.93. The molecule has 2 heteroatoms. The van der Waals surface area contributed by atoms with Crippen LogP contribution in [0.5, 0.6) is 0 Å². The molecule has 1 unspecified atom stereocenters. The van der Waals surface area contributed by atoms with Gasteiger partial charge in [-0.3, -0.25) is 0 Å². The third-order valence-corrected chi connectivity index (χ3v) is 5.32. The summed E-state index contributed by atoms with van der Waals surface area (Å²) in [4.78, 5) is 0.266. The lowest BCUT2D eigenvalue weighted by Gasteiger charge is -2.12. The van der Waals surface area contributed by atoms with Gasteiger partial charge < -0.3 is 0 Å². The van der Waals surface area contributed by atoms with E-state index in [1.54, 1.807) is 0 Å². The molecule has 0 spiro atoms. The predicted octanol–water partition coefficient (Wildman–Crippen LogP) is 6.00. The van der Waals surface area contributed by atoms with Gasteiger partial charge in [0.15, 0.2) is 0 Å². The largest absolute Gasteiger partial charge is 0.143 e. The Morgan fingerprint density at radius 2 is 1.68 bits per heavy atom. The van der Waals surface area contributed by atoms with Gasteiger partial charge in [0.05, 0.1) is 4.83 Å². The molecule has 0 aliphatic carbocycles. The molecule has 1 aromatic heterocycles. The number of hydrogen-bond donors (Lipinski definition) is 0. The summed E-state index contributed by atoms with van der Waals surface area (Å²) in [6, 6.07) is 15.3. The van der Waals surface area contributed by atoms with Crippen LogP contribution in [0.4, 0.5) is 0 Å². The van der Waals surface area contributed by atoms with Gasteiger partial charge in [-0.1, -0.05) is 63.5 Å². The fourth-order valence-electron chi connectivity index (χ4n) is 2.53. The first kappa shape index (κ1) is 12.9. The maximum atomic E-state index is 3.87. The Hall–Kier alpha value is -1.12. The molecule has 0 aliphatic heterocycles. The minimum Gasteiger partial charge on any atom is -0.143 e. The molecule has 3 rings (SSSR count). The Bertz CT molecular complexity index is 707. The van der Waals surface area contributed by atoms with Gasteiger partial charge in [-0.15, -0.1) is 11.3 Å². The number of benzene rings is 2. The average Bonchev–Trinajstić information content (AvgIpc) is 2.80. The summed E-state index contributed by atoms with van der Waals surface area (Å²) in [6.45, 7) is 4.31. The molecular formula is C17H15BrS. The molecule has 0 saturated carbocycles. The van der Waals surface area contributed by atoms with E-state index in [1.165, 1.54) is 32.3 Å². The predicted molar refractivity (Wildman–Crippen MR) is 88.5 cm³/mol. The van der Waals surface area contributed by atoms with Crippen LogP contribution in [0.15, 0.2) is 47.8 Å². The van der Waals surface area contributed by atoms with Gasteiger partial charge >= 0.3 is 0 Å². The number of aryl methyl sites for hydroxylation is 2. The summed E-state index contributed by atoms with van der Waals surface area (Å²) in [5.41, 5.74) is 5.34. The number of hydrogen-bond acceptors (Lipinski definition) is 1. The van der Waals surface area contributed by atoms with Crippen LogP contribution in [0.1, 0.15) is 27.1 Å². The van der Waals surface area contributed by atoms with Crippen LogP contribution in [-0.4, -0.2) is 0 Å². The first-order valence-corrected chi connectivity index (χ1v) is 8.13. The Labute approximate surface area is 126 Å². The SMILES string of the molecule is Cc1cc(C)cc(C(Br)c2csc3ccccc23)c1. The minimum atomic E-state index is 0.266. The van der Waals surface area contributed by atoms with Crippen LogP contribution < -0.4 is 0 Å². The summed E-state index contributed by atoms with van der Waals surface area (Å²) in [7, 11) is 0. The first-order chi connectivity index (χ1) is 9.15. The quantitative estimate of drug-likeness (QED) is 0.505. The van der Waals surface area contributed by atoms with Crippen molar-refractivity contribution in [1.82, 2.24) is 0 Å². The van der Waals surface area contributed by atoms with E-state index in [9.17, 15) is 0 Å². The fraction of sp³-hybridized carbons (Fsp3) is 0.176. The topological polar surface area (TPSA) is 0 Å². The van der Waals surface area contributed by atoms with E-state index in [4.69, 9.17) is 0 Å². The van der Waals surface area contributed by atoms with Crippen LogP contribution >= 0.6 is 27.3 Å². The van der Waals surface area contributed by atoms with E-state index < -0.39 is 0 Å². The lowest BCUT2D eigenvalue weighted by molar-refractivity contribution is 1.18. The summed E-state index contributed by atoms with van der Waals surface area (Å²) in [6.07, 6.45) is 0. The van der Waals surface area contributed by atoms with Crippen molar-refractivity contribution >= 4 is 37.4 Å². The van der Waals surface area contributed by atoms with Gasteiger partial charge in [-0.05, 0) is 41.8 Å². The molecular weight excluding hydrogens is 316 g/mol. The first-order valence-electron chi connectivity index (χ1n) is 6.33. The zero-order valence-corrected chi connectivity index (χ0v) is 13.4. The zero-order valence-electron chi connectivity index (χ0n) is 11.0. The molecule has 0 bridgehead atoms. The number of fused-ring (bicyclic) bond motifs is 1. The number of thiophene rings is 1. The molecule has 0 fully saturated rings. The summed E-state index contributed by atoms with van der Waals surface area (Å²) < 4.78 is 1.35. The van der Waals surface area contributed by atoms with Gasteiger partial charge in [-0.25, -0.2) is 0 Å². The second-order valence-corrected chi connectivity index (χ2v) is 6.80. The van der Waals surface area contributed by atoms with Gasteiger partial charge in [-0.2, -0.15) is 0 Å². The standard InChI is InChI=1S/C17H15BrS/c1-11-7-12(2)9-13(8-11)17(18)15-10-19-16-6-4-3-5-14(15)16/h3-10,17H,1-2H3. The normalized spacial score (nSPS) is 12.8. The van der Waals surface area contributed by atoms with Crippen molar-refractivity contribution in [2.75, 3.05) is 0 Å². The van der Waals surface area contributed by atoms with Crippen molar-refractivity contribution in [2.24, 2.45) is 0 Å². The highest BCUT2D eigenvalue weighted by molar-refractivity contribution is 9.09. The van der Waals surface area contributed by atoms with E-state index in [-0.39, 0.29) is 4.83 Å². The minimum absolute atomic E-state index is 0.266. The molecule has 1 heterocycles. The molecule has 2 aromatic carbocycles. The highest BCUT2D eigenvalue weighted by Gasteiger charge is 2.15. The van der Waals surface area contributed by atoms with Crippen LogP contribution in [0.25, 0.3) is 10.1 Å². The number of rotatable bonds is 2. The van der Waals surface area contributed by atoms with Crippen molar-refractivity contribution in [1.29, 1.82) is 0 Å². The van der Waals surface area contributed by atoms with Crippen molar-refractivity contribution in [2.45, 2.75) is 18.7 Å². The summed E-state index contributed by atoms with van der Waals surface area (Å²) >= 11 is 5.68. The Morgan fingerprint density at radius 3 is 2.42 bits per heavy atom. The smallest absolute Gasteiger partial charge is 0.0659 e. The summed E-state index contributed by atoms with van der Waals surface area (Å²) in [5.74, 6) is 0. The van der Waals surface area contributed by atoms with Crippen LogP contribution in [-0.2, 0) is 0 Å². The van der Waals surface area contributed by atoms with Gasteiger partial charge in [0.2, 0.25) is 0 Å². The van der Waals surface area contributed by atoms with Gasteiger partial charge in [0, 0.05) is 4.70 Å².